The average Bonchev–Trinajstić information content (AvgIpc) is 2.27. The molecule has 2 atom stereocenters. The summed E-state index contributed by atoms with van der Waals surface area (Å²) < 4.78 is 0. The van der Waals surface area contributed by atoms with Crippen LogP contribution in [-0.4, -0.2) is 38.7 Å². The molecule has 17 heavy (non-hydrogen) atoms. The number of hydrogen-bond donors (Lipinski definition) is 3. The second-order valence-corrected chi connectivity index (χ2v) is 3.84. The minimum absolute atomic E-state index is 0.168. The van der Waals surface area contributed by atoms with Crippen LogP contribution in [0, 0.1) is 6.92 Å². The highest BCUT2D eigenvalue weighted by Crippen LogP contribution is 2.14. The van der Waals surface area contributed by atoms with Crippen LogP contribution in [0.25, 0.3) is 0 Å². The summed E-state index contributed by atoms with van der Waals surface area (Å²) in [5, 5.41) is 22.0. The van der Waals surface area contributed by atoms with Gasteiger partial charge in [-0.05, 0) is 19.4 Å². The molecule has 1 heterocycles. The van der Waals surface area contributed by atoms with Crippen LogP contribution in [0.5, 0.6) is 0 Å². The van der Waals surface area contributed by atoms with Gasteiger partial charge in [0.15, 0.2) is 5.82 Å². The van der Waals surface area contributed by atoms with Gasteiger partial charge in [-0.3, -0.25) is 4.79 Å². The molecular weight excluding hydrogens is 222 g/mol. The van der Waals surface area contributed by atoms with E-state index in [0.29, 0.717) is 6.54 Å². The number of carbonyl (C=O) groups is 1. The Hall–Kier alpha value is -1.53. The Balaban J connectivity index is 2.51. The van der Waals surface area contributed by atoms with Crippen LogP contribution in [0.3, 0.4) is 0 Å². The van der Waals surface area contributed by atoms with Gasteiger partial charge in [-0.2, -0.15) is 0 Å². The van der Waals surface area contributed by atoms with Crippen molar-refractivity contribution in [3.63, 3.8) is 0 Å². The molecule has 0 saturated heterocycles. The molecule has 94 valence electrons. The lowest BCUT2D eigenvalue weighted by molar-refractivity contribution is -0.119. The molecule has 6 nitrogen and oxygen atoms in total. The summed E-state index contributed by atoms with van der Waals surface area (Å²) in [6.45, 7) is 3.48. The first-order valence-corrected chi connectivity index (χ1v) is 5.41. The highest BCUT2D eigenvalue weighted by molar-refractivity contribution is 5.72. The number of aliphatic hydroxyl groups excluding tert-OH is 2. The highest BCUT2D eigenvalue weighted by atomic mass is 16.3. The third-order valence-corrected chi connectivity index (χ3v) is 2.26. The zero-order valence-electron chi connectivity index (χ0n) is 9.92. The molecule has 0 aliphatic carbocycles. The van der Waals surface area contributed by atoms with Gasteiger partial charge in [0.2, 0.25) is 5.91 Å². The summed E-state index contributed by atoms with van der Waals surface area (Å²) in [4.78, 5) is 18.6. The maximum absolute atomic E-state index is 10.6. The second-order valence-electron chi connectivity index (χ2n) is 3.84. The molecule has 2 unspecified atom stereocenters. The van der Waals surface area contributed by atoms with E-state index in [4.69, 9.17) is 0 Å². The van der Waals surface area contributed by atoms with Gasteiger partial charge in [-0.15, -0.1) is 0 Å². The summed E-state index contributed by atoms with van der Waals surface area (Å²) in [6.07, 6.45) is -0.355. The zero-order chi connectivity index (χ0) is 12.8. The molecule has 6 heteroatoms. The van der Waals surface area contributed by atoms with E-state index in [9.17, 15) is 15.0 Å². The van der Waals surface area contributed by atoms with E-state index in [-0.39, 0.29) is 18.2 Å². The van der Waals surface area contributed by atoms with Crippen LogP contribution in [0.4, 0.5) is 0 Å². The molecule has 1 rings (SSSR count). The number of hydrogen-bond acceptors (Lipinski definition) is 5. The lowest BCUT2D eigenvalue weighted by Crippen LogP contribution is -2.28. The van der Waals surface area contributed by atoms with Crippen molar-refractivity contribution in [3.05, 3.63) is 23.8 Å². The molecule has 0 saturated carbocycles. The number of amides is 1. The van der Waals surface area contributed by atoms with E-state index in [1.807, 2.05) is 0 Å². The Morgan fingerprint density at radius 2 is 2.24 bits per heavy atom. The predicted molar refractivity (Wildman–Crippen MR) is 61.0 cm³/mol. The fourth-order valence-corrected chi connectivity index (χ4v) is 1.34. The summed E-state index contributed by atoms with van der Waals surface area (Å²) in [5.41, 5.74) is 0.725. The smallest absolute Gasteiger partial charge is 0.216 e. The summed E-state index contributed by atoms with van der Waals surface area (Å²) in [5.74, 6) is 0.0267. The fourth-order valence-electron chi connectivity index (χ4n) is 1.34. The van der Waals surface area contributed by atoms with Crippen molar-refractivity contribution in [2.45, 2.75) is 32.5 Å². The molecule has 1 aromatic rings. The van der Waals surface area contributed by atoms with Gasteiger partial charge in [-0.25, -0.2) is 9.97 Å². The predicted octanol–water partition coefficient (Wildman–Crippen LogP) is -0.294. The minimum atomic E-state index is -1.14. The van der Waals surface area contributed by atoms with E-state index in [2.05, 4.69) is 15.3 Å². The number of rotatable bonds is 5. The van der Waals surface area contributed by atoms with Crippen molar-refractivity contribution in [2.75, 3.05) is 6.54 Å². The number of aromatic nitrogens is 2. The maximum atomic E-state index is 10.6. The van der Waals surface area contributed by atoms with Crippen LogP contribution in [0.2, 0.25) is 0 Å². The van der Waals surface area contributed by atoms with Gasteiger partial charge in [0, 0.05) is 25.4 Å². The normalized spacial score (nSPS) is 14.1. The topological polar surface area (TPSA) is 95.3 Å². The number of aliphatic hydroxyl groups is 2. The van der Waals surface area contributed by atoms with E-state index < -0.39 is 12.2 Å². The Bertz CT molecular complexity index is 384. The van der Waals surface area contributed by atoms with Gasteiger partial charge >= 0.3 is 0 Å². The SMILES string of the molecule is CC(=O)NCCC(O)C(O)c1nccc(C)n1. The summed E-state index contributed by atoms with van der Waals surface area (Å²) in [7, 11) is 0. The molecule has 0 fully saturated rings. The Morgan fingerprint density at radius 3 is 2.82 bits per heavy atom. The van der Waals surface area contributed by atoms with Crippen molar-refractivity contribution < 1.29 is 15.0 Å². The molecule has 0 aromatic carbocycles. The molecule has 1 amide bonds. The number of nitrogens with zero attached hydrogens (tertiary/aromatic N) is 2. The van der Waals surface area contributed by atoms with E-state index in [1.165, 1.54) is 13.1 Å². The molecule has 1 aromatic heterocycles. The number of nitrogens with one attached hydrogen (secondary N) is 1. The van der Waals surface area contributed by atoms with Crippen LogP contribution in [-0.2, 0) is 4.79 Å². The Labute approximate surface area is 99.7 Å². The third-order valence-electron chi connectivity index (χ3n) is 2.26. The largest absolute Gasteiger partial charge is 0.390 e. The van der Waals surface area contributed by atoms with Gasteiger partial charge in [0.05, 0.1) is 6.10 Å². The highest BCUT2D eigenvalue weighted by Gasteiger charge is 2.20. The summed E-state index contributed by atoms with van der Waals surface area (Å²) >= 11 is 0. The maximum Gasteiger partial charge on any atom is 0.216 e. The first-order chi connectivity index (χ1) is 8.00. The third kappa shape index (κ3) is 4.46. The van der Waals surface area contributed by atoms with E-state index in [0.717, 1.165) is 5.69 Å². The van der Waals surface area contributed by atoms with Crippen LogP contribution in [0.15, 0.2) is 12.3 Å². The van der Waals surface area contributed by atoms with Crippen LogP contribution in [0.1, 0.15) is 31.0 Å². The molecule has 0 bridgehead atoms. The quantitative estimate of drug-likeness (QED) is 0.656. The molecule has 0 aliphatic heterocycles. The number of aryl methyl sites for hydroxylation is 1. The van der Waals surface area contributed by atoms with Gasteiger partial charge < -0.3 is 15.5 Å². The van der Waals surface area contributed by atoms with Crippen molar-refractivity contribution in [1.82, 2.24) is 15.3 Å². The first kappa shape index (κ1) is 13.5. The van der Waals surface area contributed by atoms with Crippen molar-refractivity contribution in [2.24, 2.45) is 0 Å². The second kappa shape index (κ2) is 6.27. The van der Waals surface area contributed by atoms with Crippen molar-refractivity contribution in [1.29, 1.82) is 0 Å². The van der Waals surface area contributed by atoms with Crippen LogP contribution >= 0.6 is 0 Å². The zero-order valence-corrected chi connectivity index (χ0v) is 9.92. The molecule has 0 aliphatic rings. The van der Waals surface area contributed by atoms with E-state index in [1.54, 1.807) is 13.0 Å². The molecule has 3 N–H and O–H groups in total. The molecule has 0 spiro atoms. The molecular formula is C11H17N3O3. The standard InChI is InChI=1S/C11H17N3O3/c1-7-3-5-13-11(14-7)10(17)9(16)4-6-12-8(2)15/h3,5,9-10,16-17H,4,6H2,1-2H3,(H,12,15). The monoisotopic (exact) mass is 239 g/mol. The first-order valence-electron chi connectivity index (χ1n) is 5.41. The molecule has 0 radical (unpaired) electrons. The van der Waals surface area contributed by atoms with E-state index >= 15 is 0 Å². The average molecular weight is 239 g/mol. The van der Waals surface area contributed by atoms with Gasteiger partial charge in [0.25, 0.3) is 0 Å². The summed E-state index contributed by atoms with van der Waals surface area (Å²) in [6, 6.07) is 1.71. The van der Waals surface area contributed by atoms with Crippen LogP contribution < -0.4 is 5.32 Å². The number of carbonyl (C=O) groups excluding carboxylic acids is 1. The fraction of sp³-hybridized carbons (Fsp3) is 0.545. The van der Waals surface area contributed by atoms with Gasteiger partial charge in [-0.1, -0.05) is 0 Å². The van der Waals surface area contributed by atoms with Crippen molar-refractivity contribution >= 4 is 5.91 Å². The lowest BCUT2D eigenvalue weighted by atomic mass is 10.1. The van der Waals surface area contributed by atoms with Crippen molar-refractivity contribution in [3.8, 4) is 0 Å². The van der Waals surface area contributed by atoms with Gasteiger partial charge in [0.1, 0.15) is 6.10 Å². The lowest BCUT2D eigenvalue weighted by Gasteiger charge is -2.16. The Morgan fingerprint density at radius 1 is 1.53 bits per heavy atom. The Kier molecular flexibility index (Phi) is 4.99. The minimum Gasteiger partial charge on any atom is -0.390 e.